The van der Waals surface area contributed by atoms with Crippen LogP contribution in [0.15, 0.2) is 61.9 Å². The van der Waals surface area contributed by atoms with Gasteiger partial charge in [-0.15, -0.1) is 0 Å². The number of esters is 2. The van der Waals surface area contributed by atoms with Crippen LogP contribution in [-0.2, 0) is 19.1 Å². The highest BCUT2D eigenvalue weighted by atomic mass is 79.9. The predicted molar refractivity (Wildman–Crippen MR) is 165 cm³/mol. The second kappa shape index (κ2) is 14.0. The van der Waals surface area contributed by atoms with Gasteiger partial charge in [0, 0.05) is 10.0 Å². The molecule has 0 fully saturated rings. The lowest BCUT2D eigenvalue weighted by atomic mass is 9.95. The van der Waals surface area contributed by atoms with E-state index >= 15 is 0 Å². The molecule has 1 aliphatic heterocycles. The van der Waals surface area contributed by atoms with Crippen LogP contribution in [0, 0.1) is 0 Å². The Balaban J connectivity index is 1.85. The molecule has 43 heavy (non-hydrogen) atoms. The Kier molecular flexibility index (Phi) is 10.5. The van der Waals surface area contributed by atoms with E-state index in [1.54, 1.807) is 58.0 Å². The van der Waals surface area contributed by atoms with Crippen molar-refractivity contribution in [3.05, 3.63) is 83.0 Å². The molecule has 0 amide bonds. The van der Waals surface area contributed by atoms with E-state index in [0.717, 1.165) is 4.47 Å². The van der Waals surface area contributed by atoms with Gasteiger partial charge in [-0.2, -0.15) is 0 Å². The predicted octanol–water partition coefficient (Wildman–Crippen LogP) is 4.30. The topological polar surface area (TPSA) is 115 Å². The van der Waals surface area contributed by atoms with E-state index in [4.69, 9.17) is 23.7 Å². The SMILES string of the molecule is CCOC(=O)COc1ccc(/C=c2\sc3n(c2=O)[C@@H](c2cc(Br)ccc2OC)C(C(=O)OC(C)C)=C(C)N=3)cc1OCC. The Morgan fingerprint density at radius 2 is 1.81 bits per heavy atom. The van der Waals surface area contributed by atoms with Gasteiger partial charge >= 0.3 is 11.9 Å². The van der Waals surface area contributed by atoms with Crippen molar-refractivity contribution in [3.8, 4) is 17.2 Å². The molecular weight excluding hydrogens is 640 g/mol. The molecule has 0 N–H and O–H groups in total. The zero-order valence-electron chi connectivity index (χ0n) is 24.8. The number of benzene rings is 2. The molecule has 3 aromatic rings. The molecule has 0 spiro atoms. The molecule has 228 valence electrons. The van der Waals surface area contributed by atoms with Crippen LogP contribution in [0.3, 0.4) is 0 Å². The number of nitrogens with zero attached hydrogens (tertiary/aromatic N) is 2. The Morgan fingerprint density at radius 1 is 1.07 bits per heavy atom. The summed E-state index contributed by atoms with van der Waals surface area (Å²) >= 11 is 4.72. The lowest BCUT2D eigenvalue weighted by Gasteiger charge is -2.26. The zero-order chi connectivity index (χ0) is 31.3. The fourth-order valence-corrected chi connectivity index (χ4v) is 5.99. The van der Waals surface area contributed by atoms with E-state index < -0.39 is 18.0 Å². The maximum absolute atomic E-state index is 14.0. The van der Waals surface area contributed by atoms with Crippen LogP contribution in [-0.4, -0.2) is 49.5 Å². The number of rotatable bonds is 11. The number of carbonyl (C=O) groups is 2. The lowest BCUT2D eigenvalue weighted by molar-refractivity contribution is -0.145. The summed E-state index contributed by atoms with van der Waals surface area (Å²) in [4.78, 5) is 44.3. The highest BCUT2D eigenvalue weighted by molar-refractivity contribution is 9.10. The number of methoxy groups -OCH3 is 1. The minimum Gasteiger partial charge on any atom is -0.496 e. The highest BCUT2D eigenvalue weighted by Crippen LogP contribution is 2.37. The molecule has 0 unspecified atom stereocenters. The summed E-state index contributed by atoms with van der Waals surface area (Å²) in [6.45, 7) is 9.18. The third-order valence-corrected chi connectivity index (χ3v) is 7.76. The Hall–Kier alpha value is -3.90. The zero-order valence-corrected chi connectivity index (χ0v) is 27.2. The molecule has 1 aromatic heterocycles. The molecule has 0 bridgehead atoms. The van der Waals surface area contributed by atoms with Gasteiger partial charge in [-0.05, 0) is 76.6 Å². The monoisotopic (exact) mass is 672 g/mol. The number of thiazole rings is 1. The van der Waals surface area contributed by atoms with Gasteiger partial charge in [0.25, 0.3) is 5.56 Å². The first-order valence-electron chi connectivity index (χ1n) is 13.7. The second-order valence-corrected chi connectivity index (χ2v) is 11.6. The first-order valence-corrected chi connectivity index (χ1v) is 15.3. The molecule has 0 aliphatic carbocycles. The van der Waals surface area contributed by atoms with Gasteiger partial charge in [-0.3, -0.25) is 9.36 Å². The molecular formula is C31H33BrN2O8S. The lowest BCUT2D eigenvalue weighted by Crippen LogP contribution is -2.40. The van der Waals surface area contributed by atoms with Gasteiger partial charge in [-0.1, -0.05) is 33.3 Å². The van der Waals surface area contributed by atoms with Crippen LogP contribution >= 0.6 is 27.3 Å². The molecule has 0 saturated carbocycles. The number of halogens is 1. The largest absolute Gasteiger partial charge is 0.496 e. The number of allylic oxidation sites excluding steroid dienone is 1. The third-order valence-electron chi connectivity index (χ3n) is 6.29. The van der Waals surface area contributed by atoms with E-state index in [0.29, 0.717) is 50.0 Å². The van der Waals surface area contributed by atoms with Crippen molar-refractivity contribution in [2.75, 3.05) is 26.9 Å². The molecule has 0 saturated heterocycles. The minimum atomic E-state index is -0.838. The van der Waals surface area contributed by atoms with Gasteiger partial charge < -0.3 is 23.7 Å². The van der Waals surface area contributed by atoms with Gasteiger partial charge in [0.2, 0.25) is 0 Å². The molecule has 0 radical (unpaired) electrons. The van der Waals surface area contributed by atoms with Crippen LogP contribution < -0.4 is 29.1 Å². The molecule has 1 atom stereocenters. The molecule has 10 nitrogen and oxygen atoms in total. The van der Waals surface area contributed by atoms with E-state index in [1.165, 1.54) is 23.0 Å². The van der Waals surface area contributed by atoms with Gasteiger partial charge in [0.15, 0.2) is 22.9 Å². The maximum Gasteiger partial charge on any atom is 0.344 e. The van der Waals surface area contributed by atoms with Crippen molar-refractivity contribution in [2.24, 2.45) is 4.99 Å². The Labute approximate surface area is 261 Å². The summed E-state index contributed by atoms with van der Waals surface area (Å²) in [5.74, 6) is 0.252. The summed E-state index contributed by atoms with van der Waals surface area (Å²) in [5.41, 5.74) is 1.65. The van der Waals surface area contributed by atoms with Crippen molar-refractivity contribution in [1.82, 2.24) is 4.57 Å². The highest BCUT2D eigenvalue weighted by Gasteiger charge is 2.35. The maximum atomic E-state index is 14.0. The van der Waals surface area contributed by atoms with Crippen LogP contribution in [0.1, 0.15) is 51.8 Å². The van der Waals surface area contributed by atoms with Crippen LogP contribution in [0.4, 0.5) is 0 Å². The number of carbonyl (C=O) groups excluding carboxylic acids is 2. The first kappa shape index (κ1) is 32.0. The smallest absolute Gasteiger partial charge is 0.344 e. The summed E-state index contributed by atoms with van der Waals surface area (Å²) in [7, 11) is 1.54. The normalized spacial score (nSPS) is 14.7. The molecule has 4 rings (SSSR count). The van der Waals surface area contributed by atoms with Crippen molar-refractivity contribution in [1.29, 1.82) is 0 Å². The minimum absolute atomic E-state index is 0.255. The van der Waals surface area contributed by atoms with Gasteiger partial charge in [0.05, 0.1) is 42.2 Å². The average Bonchev–Trinajstić information content (AvgIpc) is 3.25. The first-order chi connectivity index (χ1) is 20.6. The summed E-state index contributed by atoms with van der Waals surface area (Å²) in [6.07, 6.45) is 1.36. The Bertz CT molecular complexity index is 1740. The van der Waals surface area contributed by atoms with Crippen molar-refractivity contribution >= 4 is 45.3 Å². The second-order valence-electron chi connectivity index (χ2n) is 9.66. The van der Waals surface area contributed by atoms with E-state index in [1.807, 2.05) is 19.1 Å². The molecule has 2 heterocycles. The summed E-state index contributed by atoms with van der Waals surface area (Å²) in [5, 5.41) is 0. The van der Waals surface area contributed by atoms with E-state index in [9.17, 15) is 14.4 Å². The molecule has 1 aliphatic rings. The van der Waals surface area contributed by atoms with Crippen molar-refractivity contribution < 1.29 is 33.3 Å². The quantitative estimate of drug-likeness (QED) is 0.277. The summed E-state index contributed by atoms with van der Waals surface area (Å²) in [6, 6.07) is 9.75. The fraction of sp³-hybridized carbons (Fsp3) is 0.355. The van der Waals surface area contributed by atoms with Gasteiger partial charge in [-0.25, -0.2) is 14.6 Å². The Morgan fingerprint density at radius 3 is 2.49 bits per heavy atom. The van der Waals surface area contributed by atoms with E-state index in [-0.39, 0.29) is 30.5 Å². The third kappa shape index (κ3) is 7.19. The van der Waals surface area contributed by atoms with Crippen molar-refractivity contribution in [2.45, 2.75) is 46.8 Å². The number of aromatic nitrogens is 1. The van der Waals surface area contributed by atoms with Crippen LogP contribution in [0.25, 0.3) is 6.08 Å². The molecule has 2 aromatic carbocycles. The standard InChI is InChI=1S/C31H33BrN2O8S/c1-7-39-24-13-19(9-11-23(24)41-16-26(35)40-8-2)14-25-29(36)34-28(21-15-20(32)10-12-22(21)38-6)27(30(37)42-17(3)4)18(5)33-31(34)43-25/h9-15,17,28H,7-8,16H2,1-6H3/b25-14-/t28-/m0/s1. The van der Waals surface area contributed by atoms with Crippen molar-refractivity contribution in [3.63, 3.8) is 0 Å². The van der Waals surface area contributed by atoms with E-state index in [2.05, 4.69) is 20.9 Å². The average molecular weight is 674 g/mol. The number of hydrogen-bond acceptors (Lipinski definition) is 10. The van der Waals surface area contributed by atoms with Gasteiger partial charge in [0.1, 0.15) is 11.8 Å². The number of hydrogen-bond donors (Lipinski definition) is 0. The molecule has 12 heteroatoms. The number of ether oxygens (including phenoxy) is 5. The number of fused-ring (bicyclic) bond motifs is 1. The van der Waals surface area contributed by atoms with Crippen LogP contribution in [0.2, 0.25) is 0 Å². The fourth-order valence-electron chi connectivity index (χ4n) is 4.57. The summed E-state index contributed by atoms with van der Waals surface area (Å²) < 4.78 is 30.2. The van der Waals surface area contributed by atoms with Crippen LogP contribution in [0.5, 0.6) is 17.2 Å².